The van der Waals surface area contributed by atoms with Gasteiger partial charge in [0, 0.05) is 44.0 Å². The lowest BCUT2D eigenvalue weighted by molar-refractivity contribution is -0.133. The average Bonchev–Trinajstić information content (AvgIpc) is 2.98. The molecule has 1 aliphatic rings. The Balaban J connectivity index is 1.76. The number of pyridine rings is 1. The molecule has 1 aromatic heterocycles. The van der Waals surface area contributed by atoms with Gasteiger partial charge in [-0.05, 0) is 36.7 Å². The van der Waals surface area contributed by atoms with Crippen LogP contribution in [0, 0.1) is 0 Å². The van der Waals surface area contributed by atoms with Crippen LogP contribution in [-0.2, 0) is 11.2 Å². The Bertz CT molecular complexity index is 713. The van der Waals surface area contributed by atoms with Gasteiger partial charge >= 0.3 is 0 Å². The van der Waals surface area contributed by atoms with Gasteiger partial charge in [-0.2, -0.15) is 0 Å². The van der Waals surface area contributed by atoms with E-state index in [4.69, 9.17) is 0 Å². The molecule has 1 aromatic carbocycles. The van der Waals surface area contributed by atoms with Crippen molar-refractivity contribution in [3.8, 4) is 0 Å². The number of hydrogen-bond acceptors (Lipinski definition) is 4. The number of nitrogens with zero attached hydrogens (tertiary/aromatic N) is 2. The van der Waals surface area contributed by atoms with Gasteiger partial charge in [0.1, 0.15) is 6.04 Å². The number of amides is 2. The molecule has 6 heteroatoms. The van der Waals surface area contributed by atoms with Gasteiger partial charge in [0.05, 0.1) is 0 Å². The molecule has 6 nitrogen and oxygen atoms in total. The molecule has 1 atom stereocenters. The van der Waals surface area contributed by atoms with Crippen LogP contribution in [-0.4, -0.2) is 53.9 Å². The molecule has 2 N–H and O–H groups in total. The summed E-state index contributed by atoms with van der Waals surface area (Å²) in [5, 5.41) is 6.22. The monoisotopic (exact) mass is 352 g/mol. The number of nitrogens with one attached hydrogen (secondary N) is 2. The maximum atomic E-state index is 13.1. The summed E-state index contributed by atoms with van der Waals surface area (Å²) >= 11 is 0. The van der Waals surface area contributed by atoms with Crippen molar-refractivity contribution in [2.24, 2.45) is 0 Å². The van der Waals surface area contributed by atoms with E-state index in [1.54, 1.807) is 24.5 Å². The quantitative estimate of drug-likeness (QED) is 0.849. The van der Waals surface area contributed by atoms with Crippen LogP contribution in [0.2, 0.25) is 0 Å². The smallest absolute Gasteiger partial charge is 0.251 e. The molecule has 0 saturated carbocycles. The van der Waals surface area contributed by atoms with Crippen molar-refractivity contribution < 1.29 is 9.59 Å². The van der Waals surface area contributed by atoms with E-state index >= 15 is 0 Å². The van der Waals surface area contributed by atoms with Crippen molar-refractivity contribution in [1.82, 2.24) is 20.5 Å². The molecule has 136 valence electrons. The highest BCUT2D eigenvalue weighted by molar-refractivity contribution is 5.97. The molecule has 1 aliphatic heterocycles. The molecule has 2 aromatic rings. The molecule has 0 spiro atoms. The highest BCUT2D eigenvalue weighted by Crippen LogP contribution is 2.08. The number of benzene rings is 1. The van der Waals surface area contributed by atoms with Gasteiger partial charge in [-0.25, -0.2) is 0 Å². The summed E-state index contributed by atoms with van der Waals surface area (Å²) in [7, 11) is 0. The van der Waals surface area contributed by atoms with Crippen LogP contribution in [0.25, 0.3) is 0 Å². The van der Waals surface area contributed by atoms with Gasteiger partial charge in [0.2, 0.25) is 5.91 Å². The molecular weight excluding hydrogens is 328 g/mol. The summed E-state index contributed by atoms with van der Waals surface area (Å²) in [5.41, 5.74) is 1.47. The van der Waals surface area contributed by atoms with Gasteiger partial charge in [-0.1, -0.05) is 24.3 Å². The standard InChI is InChI=1S/C20H24N4O2/c25-19(17-7-2-1-3-8-17)23-18(14-16-6-4-9-22-15-16)20(26)24-12-5-10-21-11-13-24/h1-4,6-9,15,18,21H,5,10-14H2,(H,23,25). The first kappa shape index (κ1) is 18.1. The second-order valence-corrected chi connectivity index (χ2v) is 6.39. The van der Waals surface area contributed by atoms with Crippen molar-refractivity contribution in [2.45, 2.75) is 18.9 Å². The summed E-state index contributed by atoms with van der Waals surface area (Å²) < 4.78 is 0. The first-order valence-electron chi connectivity index (χ1n) is 8.98. The zero-order valence-corrected chi connectivity index (χ0v) is 14.7. The van der Waals surface area contributed by atoms with Crippen LogP contribution in [0.3, 0.4) is 0 Å². The number of hydrogen-bond donors (Lipinski definition) is 2. The molecule has 0 bridgehead atoms. The molecular formula is C20H24N4O2. The fraction of sp³-hybridized carbons (Fsp3) is 0.350. The second kappa shape index (κ2) is 9.10. The highest BCUT2D eigenvalue weighted by atomic mass is 16.2. The third kappa shape index (κ3) is 4.89. The van der Waals surface area contributed by atoms with E-state index < -0.39 is 6.04 Å². The lowest BCUT2D eigenvalue weighted by Crippen LogP contribution is -2.50. The van der Waals surface area contributed by atoms with Gasteiger partial charge < -0.3 is 15.5 Å². The molecule has 2 amide bonds. The Morgan fingerprint density at radius 1 is 1.12 bits per heavy atom. The minimum absolute atomic E-state index is 0.0400. The van der Waals surface area contributed by atoms with Crippen LogP contribution in [0.5, 0.6) is 0 Å². The molecule has 26 heavy (non-hydrogen) atoms. The second-order valence-electron chi connectivity index (χ2n) is 6.39. The normalized spacial score (nSPS) is 15.8. The Hall–Kier alpha value is -2.73. The molecule has 1 fully saturated rings. The van der Waals surface area contributed by atoms with E-state index in [1.807, 2.05) is 35.2 Å². The Morgan fingerprint density at radius 3 is 2.73 bits per heavy atom. The van der Waals surface area contributed by atoms with E-state index in [-0.39, 0.29) is 11.8 Å². The maximum Gasteiger partial charge on any atom is 0.251 e. The largest absolute Gasteiger partial charge is 0.340 e. The van der Waals surface area contributed by atoms with Crippen molar-refractivity contribution in [1.29, 1.82) is 0 Å². The van der Waals surface area contributed by atoms with Crippen LogP contribution in [0.4, 0.5) is 0 Å². The number of carbonyl (C=O) groups excluding carboxylic acids is 2. The Morgan fingerprint density at radius 2 is 1.96 bits per heavy atom. The van der Waals surface area contributed by atoms with Crippen LogP contribution < -0.4 is 10.6 Å². The Kier molecular flexibility index (Phi) is 6.33. The van der Waals surface area contributed by atoms with Crippen molar-refractivity contribution in [3.05, 3.63) is 66.0 Å². The van der Waals surface area contributed by atoms with Crippen molar-refractivity contribution in [3.63, 3.8) is 0 Å². The summed E-state index contributed by atoms with van der Waals surface area (Å²) in [4.78, 5) is 31.6. The lowest BCUT2D eigenvalue weighted by atomic mass is 10.1. The van der Waals surface area contributed by atoms with E-state index in [1.165, 1.54) is 0 Å². The minimum Gasteiger partial charge on any atom is -0.340 e. The van der Waals surface area contributed by atoms with Crippen molar-refractivity contribution >= 4 is 11.8 Å². The number of rotatable bonds is 5. The van der Waals surface area contributed by atoms with Gasteiger partial charge in [-0.15, -0.1) is 0 Å². The average molecular weight is 352 g/mol. The molecule has 1 saturated heterocycles. The molecule has 1 unspecified atom stereocenters. The van der Waals surface area contributed by atoms with E-state index in [0.717, 1.165) is 25.1 Å². The third-order valence-corrected chi connectivity index (χ3v) is 4.45. The summed E-state index contributed by atoms with van der Waals surface area (Å²) in [6, 6.07) is 12.1. The van der Waals surface area contributed by atoms with Crippen molar-refractivity contribution in [2.75, 3.05) is 26.2 Å². The van der Waals surface area contributed by atoms with Gasteiger partial charge in [0.15, 0.2) is 0 Å². The van der Waals surface area contributed by atoms with Gasteiger partial charge in [0.25, 0.3) is 5.91 Å². The zero-order valence-electron chi connectivity index (χ0n) is 14.7. The van der Waals surface area contributed by atoms with Crippen LogP contribution in [0.1, 0.15) is 22.3 Å². The predicted molar refractivity (Wildman–Crippen MR) is 99.7 cm³/mol. The SMILES string of the molecule is O=C(NC(Cc1cccnc1)C(=O)N1CCCNCC1)c1ccccc1. The van der Waals surface area contributed by atoms with E-state index in [9.17, 15) is 9.59 Å². The lowest BCUT2D eigenvalue weighted by Gasteiger charge is -2.26. The van der Waals surface area contributed by atoms with Crippen LogP contribution >= 0.6 is 0 Å². The molecule has 3 rings (SSSR count). The highest BCUT2D eigenvalue weighted by Gasteiger charge is 2.27. The minimum atomic E-state index is -0.606. The van der Waals surface area contributed by atoms with Gasteiger partial charge in [-0.3, -0.25) is 14.6 Å². The maximum absolute atomic E-state index is 13.1. The Labute approximate surface area is 153 Å². The summed E-state index contributed by atoms with van der Waals surface area (Å²) in [5.74, 6) is -0.275. The zero-order chi connectivity index (χ0) is 18.2. The molecule has 0 radical (unpaired) electrons. The fourth-order valence-corrected chi connectivity index (χ4v) is 3.07. The predicted octanol–water partition coefficient (Wildman–Crippen LogP) is 1.24. The first-order chi connectivity index (χ1) is 12.7. The van der Waals surface area contributed by atoms with Crippen LogP contribution in [0.15, 0.2) is 54.9 Å². The summed E-state index contributed by atoms with van der Waals surface area (Å²) in [6.45, 7) is 3.05. The summed E-state index contributed by atoms with van der Waals surface area (Å²) in [6.07, 6.45) is 4.77. The first-order valence-corrected chi connectivity index (χ1v) is 8.98. The third-order valence-electron chi connectivity index (χ3n) is 4.45. The fourth-order valence-electron chi connectivity index (χ4n) is 3.07. The van der Waals surface area contributed by atoms with E-state index in [2.05, 4.69) is 15.6 Å². The number of aromatic nitrogens is 1. The molecule has 2 heterocycles. The topological polar surface area (TPSA) is 74.3 Å². The van der Waals surface area contributed by atoms with E-state index in [0.29, 0.717) is 25.1 Å². The number of carbonyl (C=O) groups is 2. The molecule has 0 aliphatic carbocycles.